The van der Waals surface area contributed by atoms with Gasteiger partial charge in [0.05, 0.1) is 11.3 Å². The highest BCUT2D eigenvalue weighted by Crippen LogP contribution is 2.25. The van der Waals surface area contributed by atoms with E-state index in [0.717, 1.165) is 52.6 Å². The van der Waals surface area contributed by atoms with Crippen LogP contribution in [0, 0.1) is 0 Å². The molecule has 0 saturated carbocycles. The molecule has 3 rings (SSSR count). The van der Waals surface area contributed by atoms with E-state index in [1.54, 1.807) is 13.1 Å². The smallest absolute Gasteiger partial charge is 0.219 e. The van der Waals surface area contributed by atoms with Gasteiger partial charge in [0.25, 0.3) is 0 Å². The summed E-state index contributed by atoms with van der Waals surface area (Å²) in [5.74, 6) is 0.835. The first-order chi connectivity index (χ1) is 16.4. The second-order valence-corrected chi connectivity index (χ2v) is 9.32. The first kappa shape index (κ1) is 26.1. The maximum Gasteiger partial charge on any atom is 0.219 e. The summed E-state index contributed by atoms with van der Waals surface area (Å²) in [6.45, 7) is 8.41. The third-order valence-electron chi connectivity index (χ3n) is 5.72. The molecule has 34 heavy (non-hydrogen) atoms. The topological polar surface area (TPSA) is 66.5 Å². The zero-order valence-electron chi connectivity index (χ0n) is 20.1. The van der Waals surface area contributed by atoms with Crippen molar-refractivity contribution in [1.29, 1.82) is 0 Å². The molecule has 6 nitrogen and oxygen atoms in total. The van der Waals surface area contributed by atoms with Crippen LogP contribution in [0.2, 0.25) is 5.02 Å². The number of nitrogens with zero attached hydrogens (tertiary/aromatic N) is 2. The van der Waals surface area contributed by atoms with Crippen LogP contribution in [0.3, 0.4) is 0 Å². The number of hydrogen-bond donors (Lipinski definition) is 2. The number of carbonyl (C=O) groups is 1. The van der Waals surface area contributed by atoms with Gasteiger partial charge in [0.2, 0.25) is 5.91 Å². The fourth-order valence-corrected chi connectivity index (χ4v) is 4.29. The summed E-state index contributed by atoms with van der Waals surface area (Å²) in [6, 6.07) is 9.75. The summed E-state index contributed by atoms with van der Waals surface area (Å²) in [5, 5.41) is 7.43. The van der Waals surface area contributed by atoms with E-state index in [2.05, 4.69) is 28.6 Å². The number of carbonyl (C=O) groups excluding carboxylic acids is 1. The molecule has 0 spiro atoms. The monoisotopic (exact) mass is 500 g/mol. The number of ether oxygens (including phenoxy) is 1. The Morgan fingerprint density at radius 2 is 1.94 bits per heavy atom. The van der Waals surface area contributed by atoms with Crippen molar-refractivity contribution in [2.24, 2.45) is 0 Å². The van der Waals surface area contributed by atoms with Gasteiger partial charge in [0.1, 0.15) is 16.8 Å². The number of piperidine rings is 1. The number of allylic oxidation sites excluding steroid dienone is 2. The molecule has 1 aromatic carbocycles. The molecule has 1 saturated heterocycles. The number of halogens is 1. The van der Waals surface area contributed by atoms with Crippen molar-refractivity contribution in [3.05, 3.63) is 70.1 Å². The lowest BCUT2D eigenvalue weighted by Crippen LogP contribution is -2.40. The van der Waals surface area contributed by atoms with Gasteiger partial charge in [0.15, 0.2) is 0 Å². The van der Waals surface area contributed by atoms with Gasteiger partial charge >= 0.3 is 0 Å². The molecule has 0 atom stereocenters. The second-order valence-electron chi connectivity index (χ2n) is 8.47. The fraction of sp³-hybridized carbons (Fsp3) is 0.423. The van der Waals surface area contributed by atoms with E-state index >= 15 is 0 Å². The van der Waals surface area contributed by atoms with Crippen molar-refractivity contribution < 1.29 is 9.53 Å². The molecular formula is C26H33ClN4O2S. The molecule has 2 N–H and O–H groups in total. The van der Waals surface area contributed by atoms with Crippen molar-refractivity contribution >= 4 is 34.7 Å². The molecule has 1 fully saturated rings. The molecule has 182 valence electrons. The second kappa shape index (κ2) is 12.8. The first-order valence-electron chi connectivity index (χ1n) is 11.7. The molecule has 2 heterocycles. The minimum absolute atomic E-state index is 0.0294. The first-order valence-corrected chi connectivity index (χ1v) is 12.5. The molecule has 1 aliphatic rings. The van der Waals surface area contributed by atoms with Crippen molar-refractivity contribution in [2.75, 3.05) is 13.1 Å². The number of benzene rings is 1. The third kappa shape index (κ3) is 7.79. The predicted octanol–water partition coefficient (Wildman–Crippen LogP) is 4.99. The van der Waals surface area contributed by atoms with E-state index in [1.807, 2.05) is 42.2 Å². The Labute approximate surface area is 212 Å². The van der Waals surface area contributed by atoms with Gasteiger partial charge < -0.3 is 20.3 Å². The predicted molar refractivity (Wildman–Crippen MR) is 141 cm³/mol. The highest BCUT2D eigenvalue weighted by molar-refractivity contribution is 7.80. The van der Waals surface area contributed by atoms with Gasteiger partial charge in [-0.2, -0.15) is 0 Å². The normalized spacial score (nSPS) is 14.7. The number of thiocarbonyl (C=S) groups is 1. The molecule has 0 bridgehead atoms. The van der Waals surface area contributed by atoms with Crippen LogP contribution in [-0.2, 0) is 17.9 Å². The zero-order valence-corrected chi connectivity index (χ0v) is 21.6. The van der Waals surface area contributed by atoms with Crippen molar-refractivity contribution in [3.8, 4) is 5.75 Å². The van der Waals surface area contributed by atoms with Crippen molar-refractivity contribution in [2.45, 2.75) is 59.2 Å². The minimum Gasteiger partial charge on any atom is -0.489 e. The average molecular weight is 501 g/mol. The Morgan fingerprint density at radius 3 is 2.59 bits per heavy atom. The summed E-state index contributed by atoms with van der Waals surface area (Å²) in [4.78, 5) is 18.7. The van der Waals surface area contributed by atoms with E-state index in [4.69, 9.17) is 28.6 Å². The SMILES string of the molecule is CC/C=C(\C)NC(=S)c1cnc(CNCc2ccc(Cl)cc2)cc1OC1CCN(C(C)=O)CC1. The molecule has 1 aliphatic heterocycles. The summed E-state index contributed by atoms with van der Waals surface area (Å²) >= 11 is 11.6. The Kier molecular flexibility index (Phi) is 9.86. The van der Waals surface area contributed by atoms with Gasteiger partial charge in [-0.15, -0.1) is 0 Å². The molecule has 0 unspecified atom stereocenters. The maximum absolute atomic E-state index is 11.7. The molecular weight excluding hydrogens is 468 g/mol. The molecule has 0 radical (unpaired) electrons. The molecule has 1 amide bonds. The van der Waals surface area contributed by atoms with Crippen LogP contribution >= 0.6 is 23.8 Å². The van der Waals surface area contributed by atoms with Crippen molar-refractivity contribution in [1.82, 2.24) is 20.5 Å². The van der Waals surface area contributed by atoms with Gasteiger partial charge in [-0.25, -0.2) is 0 Å². The molecule has 2 aromatic rings. The molecule has 0 aliphatic carbocycles. The van der Waals surface area contributed by atoms with Crippen molar-refractivity contribution in [3.63, 3.8) is 0 Å². The number of nitrogens with one attached hydrogen (secondary N) is 2. The Hall–Kier alpha value is -2.48. The Morgan fingerprint density at radius 1 is 1.24 bits per heavy atom. The largest absolute Gasteiger partial charge is 0.489 e. The number of likely N-dealkylation sites (tertiary alicyclic amines) is 1. The summed E-state index contributed by atoms with van der Waals surface area (Å²) in [6.07, 6.45) is 6.42. The summed E-state index contributed by atoms with van der Waals surface area (Å²) in [7, 11) is 0. The maximum atomic E-state index is 11.7. The quantitative estimate of drug-likeness (QED) is 0.473. The van der Waals surface area contributed by atoms with Crippen LogP contribution < -0.4 is 15.4 Å². The lowest BCUT2D eigenvalue weighted by molar-refractivity contribution is -0.130. The van der Waals surface area contributed by atoms with E-state index in [-0.39, 0.29) is 12.0 Å². The number of aromatic nitrogens is 1. The molecule has 1 aromatic heterocycles. The number of hydrogen-bond acceptors (Lipinski definition) is 5. The van der Waals surface area contributed by atoms with E-state index < -0.39 is 0 Å². The lowest BCUT2D eigenvalue weighted by atomic mass is 10.1. The Bertz CT molecular complexity index is 1020. The highest BCUT2D eigenvalue weighted by atomic mass is 35.5. The van der Waals surface area contributed by atoms with Crippen LogP contribution in [-0.4, -0.2) is 40.0 Å². The van der Waals surface area contributed by atoms with E-state index in [9.17, 15) is 4.79 Å². The molecule has 8 heteroatoms. The zero-order chi connectivity index (χ0) is 24.5. The van der Waals surface area contributed by atoms with E-state index in [0.29, 0.717) is 31.2 Å². The standard InChI is InChI=1S/C26H33ClN4O2S/c1-4-5-18(2)30-26(34)24-17-29-22(16-28-15-20-6-8-21(27)9-7-20)14-25(24)33-23-10-12-31(13-11-23)19(3)32/h5-9,14,17,23,28H,4,10-13,15-16H2,1-3H3,(H,30,34)/b18-5+. The number of rotatable bonds is 9. The van der Waals surface area contributed by atoms with Crippen LogP contribution in [0.15, 0.2) is 48.3 Å². The summed E-state index contributed by atoms with van der Waals surface area (Å²) < 4.78 is 6.43. The minimum atomic E-state index is 0.0294. The van der Waals surface area contributed by atoms with Gasteiger partial charge in [-0.1, -0.05) is 49.0 Å². The Balaban J connectivity index is 1.71. The van der Waals surface area contributed by atoms with Crippen LogP contribution in [0.1, 0.15) is 56.9 Å². The fourth-order valence-electron chi connectivity index (χ4n) is 3.85. The van der Waals surface area contributed by atoms with Gasteiger partial charge in [0, 0.05) is 68.9 Å². The van der Waals surface area contributed by atoms with Gasteiger partial charge in [-0.3, -0.25) is 9.78 Å². The number of pyridine rings is 1. The highest BCUT2D eigenvalue weighted by Gasteiger charge is 2.23. The van der Waals surface area contributed by atoms with Crippen LogP contribution in [0.5, 0.6) is 5.75 Å². The van der Waals surface area contributed by atoms with Crippen LogP contribution in [0.25, 0.3) is 0 Å². The number of amides is 1. The van der Waals surface area contributed by atoms with Gasteiger partial charge in [-0.05, 0) is 31.0 Å². The average Bonchev–Trinajstić information content (AvgIpc) is 2.81. The lowest BCUT2D eigenvalue weighted by Gasteiger charge is -2.32. The summed E-state index contributed by atoms with van der Waals surface area (Å²) in [5.41, 5.74) is 3.80. The third-order valence-corrected chi connectivity index (χ3v) is 6.29. The van der Waals surface area contributed by atoms with E-state index in [1.165, 1.54) is 0 Å². The van der Waals surface area contributed by atoms with Crippen LogP contribution in [0.4, 0.5) is 0 Å².